The number of aromatic nitrogens is 1. The van der Waals surface area contributed by atoms with Gasteiger partial charge in [0.05, 0.1) is 7.11 Å². The minimum Gasteiger partial charge on any atom is -0.496 e. The largest absolute Gasteiger partial charge is 0.496 e. The van der Waals surface area contributed by atoms with Crippen molar-refractivity contribution < 1.29 is 4.74 Å². The summed E-state index contributed by atoms with van der Waals surface area (Å²) in [6, 6.07) is 8.14. The van der Waals surface area contributed by atoms with Crippen LogP contribution in [0.1, 0.15) is 11.1 Å². The van der Waals surface area contributed by atoms with E-state index < -0.39 is 0 Å². The summed E-state index contributed by atoms with van der Waals surface area (Å²) in [4.78, 5) is 4.20. The molecule has 1 aromatic carbocycles. The van der Waals surface area contributed by atoms with Gasteiger partial charge in [-0.15, -0.1) is 0 Å². The van der Waals surface area contributed by atoms with Crippen molar-refractivity contribution in [2.75, 3.05) is 7.11 Å². The first-order valence-electron chi connectivity index (χ1n) is 5.53. The van der Waals surface area contributed by atoms with E-state index in [1.807, 2.05) is 24.4 Å². The smallest absolute Gasteiger partial charge is 0.126 e. The van der Waals surface area contributed by atoms with Crippen molar-refractivity contribution in [2.45, 2.75) is 13.5 Å². The summed E-state index contributed by atoms with van der Waals surface area (Å²) in [6.07, 6.45) is 3.61. The zero-order valence-electron chi connectivity index (χ0n) is 10.1. The Kier molecular flexibility index (Phi) is 3.40. The fourth-order valence-corrected chi connectivity index (χ4v) is 1.79. The number of pyridine rings is 1. The summed E-state index contributed by atoms with van der Waals surface area (Å²) >= 11 is 0. The molecule has 0 radical (unpaired) electrons. The van der Waals surface area contributed by atoms with Crippen LogP contribution >= 0.6 is 0 Å². The predicted molar refractivity (Wildman–Crippen MR) is 68.9 cm³/mol. The second-order valence-electron chi connectivity index (χ2n) is 3.99. The summed E-state index contributed by atoms with van der Waals surface area (Å²) in [6.45, 7) is 2.55. The van der Waals surface area contributed by atoms with Crippen LogP contribution in [0.25, 0.3) is 11.1 Å². The van der Waals surface area contributed by atoms with Gasteiger partial charge in [-0.3, -0.25) is 4.98 Å². The first-order chi connectivity index (χ1) is 8.24. The first kappa shape index (κ1) is 11.6. The van der Waals surface area contributed by atoms with E-state index >= 15 is 0 Å². The maximum absolute atomic E-state index is 5.63. The van der Waals surface area contributed by atoms with E-state index in [9.17, 15) is 0 Å². The first-order valence-corrected chi connectivity index (χ1v) is 5.53. The molecule has 0 unspecified atom stereocenters. The van der Waals surface area contributed by atoms with E-state index in [4.69, 9.17) is 10.5 Å². The monoisotopic (exact) mass is 228 g/mol. The minimum absolute atomic E-state index is 0.495. The molecule has 0 aliphatic carbocycles. The Morgan fingerprint density at radius 3 is 2.76 bits per heavy atom. The molecule has 1 heterocycles. The van der Waals surface area contributed by atoms with Crippen molar-refractivity contribution >= 4 is 0 Å². The standard InChI is InChI=1S/C14H16N2O/c1-10-3-4-14(17-2)13(5-10)12-6-11(7-15)8-16-9-12/h3-6,8-9H,7,15H2,1-2H3. The molecule has 0 aliphatic rings. The Balaban J connectivity index is 2.54. The van der Waals surface area contributed by atoms with E-state index in [1.54, 1.807) is 13.3 Å². The Labute approximate surface area is 101 Å². The van der Waals surface area contributed by atoms with E-state index in [-0.39, 0.29) is 0 Å². The third-order valence-corrected chi connectivity index (χ3v) is 2.70. The molecule has 0 fully saturated rings. The number of ether oxygens (including phenoxy) is 1. The molecule has 2 rings (SSSR count). The number of hydrogen-bond donors (Lipinski definition) is 1. The SMILES string of the molecule is COc1ccc(C)cc1-c1cncc(CN)c1. The average molecular weight is 228 g/mol. The number of aryl methyl sites for hydroxylation is 1. The van der Waals surface area contributed by atoms with Crippen LogP contribution in [-0.2, 0) is 6.54 Å². The molecular weight excluding hydrogens is 212 g/mol. The zero-order chi connectivity index (χ0) is 12.3. The third kappa shape index (κ3) is 2.45. The van der Waals surface area contributed by atoms with Crippen molar-refractivity contribution in [1.29, 1.82) is 0 Å². The van der Waals surface area contributed by atoms with E-state index in [0.29, 0.717) is 6.54 Å². The van der Waals surface area contributed by atoms with Gasteiger partial charge in [0.1, 0.15) is 5.75 Å². The molecule has 0 saturated heterocycles. The molecule has 0 spiro atoms. The van der Waals surface area contributed by atoms with Gasteiger partial charge < -0.3 is 10.5 Å². The molecule has 0 bridgehead atoms. The van der Waals surface area contributed by atoms with Gasteiger partial charge in [0, 0.05) is 30.1 Å². The quantitative estimate of drug-likeness (QED) is 0.878. The lowest BCUT2D eigenvalue weighted by atomic mass is 10.0. The van der Waals surface area contributed by atoms with E-state index in [0.717, 1.165) is 22.4 Å². The van der Waals surface area contributed by atoms with Crippen LogP contribution in [0.4, 0.5) is 0 Å². The van der Waals surface area contributed by atoms with Crippen LogP contribution in [0.3, 0.4) is 0 Å². The van der Waals surface area contributed by atoms with Crippen molar-refractivity contribution in [3.63, 3.8) is 0 Å². The minimum atomic E-state index is 0.495. The molecule has 2 aromatic rings. The highest BCUT2D eigenvalue weighted by Crippen LogP contribution is 2.30. The molecule has 0 amide bonds. The topological polar surface area (TPSA) is 48.1 Å². The number of methoxy groups -OCH3 is 1. The Morgan fingerprint density at radius 2 is 2.06 bits per heavy atom. The summed E-state index contributed by atoms with van der Waals surface area (Å²) in [5, 5.41) is 0. The highest BCUT2D eigenvalue weighted by atomic mass is 16.5. The Hall–Kier alpha value is -1.87. The molecule has 17 heavy (non-hydrogen) atoms. The van der Waals surface area contributed by atoms with Gasteiger partial charge in [-0.25, -0.2) is 0 Å². The second kappa shape index (κ2) is 4.97. The predicted octanol–water partition coefficient (Wildman–Crippen LogP) is 2.52. The maximum Gasteiger partial charge on any atom is 0.126 e. The summed E-state index contributed by atoms with van der Waals surface area (Å²) in [5.41, 5.74) is 9.93. The molecule has 88 valence electrons. The van der Waals surface area contributed by atoms with Crippen molar-refractivity contribution in [1.82, 2.24) is 4.98 Å². The van der Waals surface area contributed by atoms with Crippen molar-refractivity contribution in [2.24, 2.45) is 5.73 Å². The van der Waals surface area contributed by atoms with Crippen LogP contribution in [0, 0.1) is 6.92 Å². The number of rotatable bonds is 3. The van der Waals surface area contributed by atoms with Gasteiger partial charge in [0.2, 0.25) is 0 Å². The van der Waals surface area contributed by atoms with Gasteiger partial charge >= 0.3 is 0 Å². The summed E-state index contributed by atoms with van der Waals surface area (Å²) in [7, 11) is 1.67. The highest BCUT2D eigenvalue weighted by Gasteiger charge is 2.06. The van der Waals surface area contributed by atoms with Crippen molar-refractivity contribution in [3.05, 3.63) is 47.8 Å². The molecule has 1 aromatic heterocycles. The fraction of sp³-hybridized carbons (Fsp3) is 0.214. The summed E-state index contributed by atoms with van der Waals surface area (Å²) < 4.78 is 5.37. The Bertz CT molecular complexity index is 523. The lowest BCUT2D eigenvalue weighted by molar-refractivity contribution is 0.416. The third-order valence-electron chi connectivity index (χ3n) is 2.70. The Morgan fingerprint density at radius 1 is 1.24 bits per heavy atom. The summed E-state index contributed by atoms with van der Waals surface area (Å²) in [5.74, 6) is 0.853. The van der Waals surface area contributed by atoms with Gasteiger partial charge in [-0.05, 0) is 30.7 Å². The lowest BCUT2D eigenvalue weighted by Gasteiger charge is -2.10. The van der Waals surface area contributed by atoms with Crippen LogP contribution < -0.4 is 10.5 Å². The highest BCUT2D eigenvalue weighted by molar-refractivity contribution is 5.70. The lowest BCUT2D eigenvalue weighted by Crippen LogP contribution is -1.97. The molecule has 3 nitrogen and oxygen atoms in total. The number of benzene rings is 1. The van der Waals surface area contributed by atoms with Gasteiger partial charge in [0.15, 0.2) is 0 Å². The molecule has 0 saturated carbocycles. The molecule has 0 atom stereocenters. The van der Waals surface area contributed by atoms with Crippen LogP contribution in [0.5, 0.6) is 5.75 Å². The van der Waals surface area contributed by atoms with Gasteiger partial charge in [-0.1, -0.05) is 11.6 Å². The van der Waals surface area contributed by atoms with Crippen molar-refractivity contribution in [3.8, 4) is 16.9 Å². The van der Waals surface area contributed by atoms with Crippen LogP contribution in [0.15, 0.2) is 36.7 Å². The molecule has 3 heteroatoms. The normalized spacial score (nSPS) is 10.3. The average Bonchev–Trinajstić information content (AvgIpc) is 2.39. The number of hydrogen-bond acceptors (Lipinski definition) is 3. The molecular formula is C14H16N2O. The number of nitrogens with two attached hydrogens (primary N) is 1. The van der Waals surface area contributed by atoms with Crippen LogP contribution in [0.2, 0.25) is 0 Å². The molecule has 2 N–H and O–H groups in total. The van der Waals surface area contributed by atoms with E-state index in [1.165, 1.54) is 5.56 Å². The maximum atomic E-state index is 5.63. The number of nitrogens with zero attached hydrogens (tertiary/aromatic N) is 1. The fourth-order valence-electron chi connectivity index (χ4n) is 1.79. The van der Waals surface area contributed by atoms with Crippen LogP contribution in [-0.4, -0.2) is 12.1 Å². The zero-order valence-corrected chi connectivity index (χ0v) is 10.1. The van der Waals surface area contributed by atoms with Gasteiger partial charge in [-0.2, -0.15) is 0 Å². The van der Waals surface area contributed by atoms with E-state index in [2.05, 4.69) is 18.0 Å². The van der Waals surface area contributed by atoms with Gasteiger partial charge in [0.25, 0.3) is 0 Å². The molecule has 0 aliphatic heterocycles. The second-order valence-corrected chi connectivity index (χ2v) is 3.99.